The highest BCUT2D eigenvalue weighted by molar-refractivity contribution is 5.43. The maximum absolute atomic E-state index is 12.9. The lowest BCUT2D eigenvalue weighted by Crippen LogP contribution is -2.40. The van der Waals surface area contributed by atoms with Crippen molar-refractivity contribution < 1.29 is 26.3 Å². The number of alkyl halides is 6. The maximum atomic E-state index is 12.9. The molecule has 1 aromatic carbocycles. The van der Waals surface area contributed by atoms with Crippen LogP contribution in [0.2, 0.25) is 0 Å². The van der Waals surface area contributed by atoms with Gasteiger partial charge in [0, 0.05) is 12.1 Å². The summed E-state index contributed by atoms with van der Waals surface area (Å²) in [5.41, 5.74) is 6.93. The molecule has 8 heteroatoms. The highest BCUT2D eigenvalue weighted by Crippen LogP contribution is 2.41. The second kappa shape index (κ2) is 5.05. The van der Waals surface area contributed by atoms with Crippen molar-refractivity contribution in [3.05, 3.63) is 58.8 Å². The second-order valence-electron chi connectivity index (χ2n) is 5.06. The lowest BCUT2D eigenvalue weighted by atomic mass is 9.80. The van der Waals surface area contributed by atoms with Gasteiger partial charge in [0.1, 0.15) is 0 Å². The van der Waals surface area contributed by atoms with Gasteiger partial charge in [0.15, 0.2) is 0 Å². The van der Waals surface area contributed by atoms with E-state index in [2.05, 4.69) is 0 Å². The summed E-state index contributed by atoms with van der Waals surface area (Å²) in [6, 6.07) is 3.94. The molecule has 0 spiro atoms. The highest BCUT2D eigenvalue weighted by Gasteiger charge is 2.42. The molecule has 0 saturated heterocycles. The summed E-state index contributed by atoms with van der Waals surface area (Å²) in [6.07, 6.45) is -7.85. The van der Waals surface area contributed by atoms with Gasteiger partial charge in [-0.05, 0) is 23.8 Å². The van der Waals surface area contributed by atoms with Crippen molar-refractivity contribution in [2.24, 2.45) is 11.5 Å². The third kappa shape index (κ3) is 3.11. The van der Waals surface area contributed by atoms with Gasteiger partial charge >= 0.3 is 12.4 Å². The standard InChI is InChI=1S/C14H12F6N2/c15-13(16,17)9-3-1-2-8(6-9)12(22)5-4-11(21)10(7-12)14(18,19)20/h1-6H,7,21-22H2. The molecule has 1 aromatic rings. The van der Waals surface area contributed by atoms with E-state index in [4.69, 9.17) is 11.5 Å². The molecule has 1 aliphatic carbocycles. The van der Waals surface area contributed by atoms with Crippen LogP contribution in [0.25, 0.3) is 0 Å². The minimum atomic E-state index is -4.69. The average molecular weight is 322 g/mol. The average Bonchev–Trinajstić information content (AvgIpc) is 2.40. The molecule has 0 amide bonds. The number of allylic oxidation sites excluding steroid dienone is 1. The zero-order valence-electron chi connectivity index (χ0n) is 11.1. The van der Waals surface area contributed by atoms with Crippen molar-refractivity contribution in [2.45, 2.75) is 24.3 Å². The van der Waals surface area contributed by atoms with E-state index in [1.807, 2.05) is 0 Å². The summed E-state index contributed by atoms with van der Waals surface area (Å²) >= 11 is 0. The minimum absolute atomic E-state index is 0.0622. The van der Waals surface area contributed by atoms with Gasteiger partial charge in [0.05, 0.1) is 16.7 Å². The van der Waals surface area contributed by atoms with Gasteiger partial charge in [0.2, 0.25) is 0 Å². The van der Waals surface area contributed by atoms with Crippen molar-refractivity contribution in [1.29, 1.82) is 0 Å². The van der Waals surface area contributed by atoms with E-state index < -0.39 is 41.1 Å². The van der Waals surface area contributed by atoms with Crippen molar-refractivity contribution >= 4 is 0 Å². The van der Waals surface area contributed by atoms with Gasteiger partial charge in [0.25, 0.3) is 0 Å². The Morgan fingerprint density at radius 1 is 1.00 bits per heavy atom. The van der Waals surface area contributed by atoms with Crippen LogP contribution in [0.1, 0.15) is 17.5 Å². The van der Waals surface area contributed by atoms with Crippen LogP contribution in [-0.2, 0) is 11.7 Å². The molecular weight excluding hydrogens is 310 g/mol. The number of hydrogen-bond donors (Lipinski definition) is 2. The summed E-state index contributed by atoms with van der Waals surface area (Å²) in [5, 5.41) is 0. The fourth-order valence-electron chi connectivity index (χ4n) is 2.24. The minimum Gasteiger partial charge on any atom is -0.399 e. The molecule has 2 nitrogen and oxygen atoms in total. The number of nitrogens with two attached hydrogens (primary N) is 2. The zero-order chi connectivity index (χ0) is 16.8. The number of hydrogen-bond acceptors (Lipinski definition) is 2. The molecule has 0 aliphatic heterocycles. The summed E-state index contributed by atoms with van der Waals surface area (Å²) < 4.78 is 76.9. The van der Waals surface area contributed by atoms with Gasteiger partial charge in [-0.1, -0.05) is 18.2 Å². The summed E-state index contributed by atoms with van der Waals surface area (Å²) in [7, 11) is 0. The van der Waals surface area contributed by atoms with Gasteiger partial charge in [-0.15, -0.1) is 0 Å². The Bertz CT molecular complexity index is 641. The van der Waals surface area contributed by atoms with Crippen LogP contribution in [0.5, 0.6) is 0 Å². The van der Waals surface area contributed by atoms with Gasteiger partial charge in [-0.25, -0.2) is 0 Å². The number of halogens is 6. The molecule has 1 unspecified atom stereocenters. The lowest BCUT2D eigenvalue weighted by Gasteiger charge is -2.32. The fourth-order valence-corrected chi connectivity index (χ4v) is 2.24. The van der Waals surface area contributed by atoms with E-state index >= 15 is 0 Å². The monoisotopic (exact) mass is 322 g/mol. The second-order valence-corrected chi connectivity index (χ2v) is 5.06. The van der Waals surface area contributed by atoms with Gasteiger partial charge < -0.3 is 11.5 Å². The number of benzene rings is 1. The van der Waals surface area contributed by atoms with Crippen LogP contribution in [0.4, 0.5) is 26.3 Å². The van der Waals surface area contributed by atoms with Crippen LogP contribution in [0.3, 0.4) is 0 Å². The SMILES string of the molecule is NC1=C(C(F)(F)F)CC(N)(c2cccc(C(F)(F)F)c2)C=C1. The summed E-state index contributed by atoms with van der Waals surface area (Å²) in [4.78, 5) is 0. The lowest BCUT2D eigenvalue weighted by molar-refractivity contribution is -0.137. The van der Waals surface area contributed by atoms with Gasteiger partial charge in [-0.3, -0.25) is 0 Å². The smallest absolute Gasteiger partial charge is 0.399 e. The molecule has 1 atom stereocenters. The van der Waals surface area contributed by atoms with Crippen LogP contribution in [-0.4, -0.2) is 6.18 Å². The van der Waals surface area contributed by atoms with Crippen LogP contribution >= 0.6 is 0 Å². The van der Waals surface area contributed by atoms with E-state index in [0.717, 1.165) is 24.3 Å². The number of rotatable bonds is 1. The Morgan fingerprint density at radius 2 is 1.64 bits per heavy atom. The normalized spacial score (nSPS) is 23.0. The largest absolute Gasteiger partial charge is 0.416 e. The van der Waals surface area contributed by atoms with Crippen molar-refractivity contribution in [2.75, 3.05) is 0 Å². The predicted octanol–water partition coefficient (Wildman–Crippen LogP) is 3.59. The zero-order valence-corrected chi connectivity index (χ0v) is 11.1. The first-order valence-electron chi connectivity index (χ1n) is 6.15. The maximum Gasteiger partial charge on any atom is 0.416 e. The first-order valence-corrected chi connectivity index (χ1v) is 6.15. The van der Waals surface area contributed by atoms with Gasteiger partial charge in [-0.2, -0.15) is 26.3 Å². The quantitative estimate of drug-likeness (QED) is 0.776. The summed E-state index contributed by atoms with van der Waals surface area (Å²) in [5.74, 6) is 0. The van der Waals surface area contributed by atoms with E-state index in [0.29, 0.717) is 0 Å². The Kier molecular flexibility index (Phi) is 3.76. The Balaban J connectivity index is 2.44. The molecule has 0 bridgehead atoms. The molecular formula is C14H12F6N2. The van der Waals surface area contributed by atoms with Crippen LogP contribution < -0.4 is 11.5 Å². The van der Waals surface area contributed by atoms with E-state index in [1.165, 1.54) is 12.1 Å². The predicted molar refractivity (Wildman–Crippen MR) is 68.3 cm³/mol. The Hall–Kier alpha value is -1.96. The van der Waals surface area contributed by atoms with E-state index in [1.54, 1.807) is 0 Å². The van der Waals surface area contributed by atoms with Crippen LogP contribution in [0, 0.1) is 0 Å². The van der Waals surface area contributed by atoms with Crippen molar-refractivity contribution in [3.63, 3.8) is 0 Å². The molecule has 4 N–H and O–H groups in total. The van der Waals surface area contributed by atoms with Crippen molar-refractivity contribution in [1.82, 2.24) is 0 Å². The molecule has 120 valence electrons. The first kappa shape index (κ1) is 16.4. The highest BCUT2D eigenvalue weighted by atomic mass is 19.4. The summed E-state index contributed by atoms with van der Waals surface area (Å²) in [6.45, 7) is 0. The third-order valence-corrected chi connectivity index (χ3v) is 3.45. The first-order chi connectivity index (χ1) is 9.93. The molecule has 0 heterocycles. The molecule has 1 aliphatic rings. The van der Waals surface area contributed by atoms with Crippen molar-refractivity contribution in [3.8, 4) is 0 Å². The Morgan fingerprint density at radius 3 is 2.18 bits per heavy atom. The van der Waals surface area contributed by atoms with E-state index in [9.17, 15) is 26.3 Å². The molecule has 22 heavy (non-hydrogen) atoms. The van der Waals surface area contributed by atoms with E-state index in [-0.39, 0.29) is 5.56 Å². The molecule has 2 rings (SSSR count). The Labute approximate surface area is 122 Å². The molecule has 0 radical (unpaired) electrons. The molecule has 0 aromatic heterocycles. The molecule has 0 saturated carbocycles. The molecule has 0 fully saturated rings. The van der Waals surface area contributed by atoms with Crippen LogP contribution in [0.15, 0.2) is 47.7 Å². The topological polar surface area (TPSA) is 52.0 Å². The fraction of sp³-hybridized carbons (Fsp3) is 0.286. The third-order valence-electron chi connectivity index (χ3n) is 3.45.